The molecule has 0 unspecified atom stereocenters. The summed E-state index contributed by atoms with van der Waals surface area (Å²) in [5, 5.41) is 3.87. The van der Waals surface area contributed by atoms with Gasteiger partial charge in [-0.3, -0.25) is 0 Å². The quantitative estimate of drug-likeness (QED) is 0.786. The zero-order chi connectivity index (χ0) is 14.5. The lowest BCUT2D eigenvalue weighted by molar-refractivity contribution is 0.830. The first-order chi connectivity index (χ1) is 9.60. The van der Waals surface area contributed by atoms with Crippen LogP contribution in [0.2, 0.25) is 5.15 Å². The van der Waals surface area contributed by atoms with Crippen molar-refractivity contribution >= 4 is 33.3 Å². The van der Waals surface area contributed by atoms with Crippen molar-refractivity contribution in [2.75, 3.05) is 5.32 Å². The molecular formula is C15H17BrClN3. The molecule has 106 valence electrons. The third-order valence-corrected chi connectivity index (χ3v) is 3.82. The van der Waals surface area contributed by atoms with Crippen molar-refractivity contribution in [3.05, 3.63) is 50.8 Å². The molecule has 2 aromatic rings. The van der Waals surface area contributed by atoms with Crippen LogP contribution in [0.3, 0.4) is 0 Å². The summed E-state index contributed by atoms with van der Waals surface area (Å²) in [6.45, 7) is 4.74. The Kier molecular flexibility index (Phi) is 5.38. The summed E-state index contributed by atoms with van der Waals surface area (Å²) in [5.41, 5.74) is 2.08. The van der Waals surface area contributed by atoms with Crippen LogP contribution in [0.25, 0.3) is 0 Å². The largest absolute Gasteiger partial charge is 0.366 e. The normalized spacial score (nSPS) is 10.6. The molecule has 0 saturated carbocycles. The average molecular weight is 355 g/mol. The minimum atomic E-state index is 0.528. The molecule has 5 heteroatoms. The summed E-state index contributed by atoms with van der Waals surface area (Å²) in [6.07, 6.45) is 1.84. The van der Waals surface area contributed by atoms with E-state index in [2.05, 4.69) is 50.3 Å². The van der Waals surface area contributed by atoms with Gasteiger partial charge in [-0.2, -0.15) is 0 Å². The minimum Gasteiger partial charge on any atom is -0.366 e. The number of hydrogen-bond acceptors (Lipinski definition) is 3. The van der Waals surface area contributed by atoms with E-state index in [0.29, 0.717) is 11.7 Å². The molecule has 0 radical (unpaired) electrons. The van der Waals surface area contributed by atoms with Crippen LogP contribution in [0.15, 0.2) is 28.7 Å². The summed E-state index contributed by atoms with van der Waals surface area (Å²) < 4.78 is 1.07. The first kappa shape index (κ1) is 15.3. The Morgan fingerprint density at radius 3 is 2.80 bits per heavy atom. The fourth-order valence-electron chi connectivity index (χ4n) is 1.87. The number of nitrogens with one attached hydrogen (secondary N) is 1. The van der Waals surface area contributed by atoms with Crippen molar-refractivity contribution in [2.45, 2.75) is 33.2 Å². The fourth-order valence-corrected chi connectivity index (χ4v) is 2.51. The lowest BCUT2D eigenvalue weighted by Gasteiger charge is -2.11. The molecule has 20 heavy (non-hydrogen) atoms. The Hall–Kier alpha value is -1.13. The van der Waals surface area contributed by atoms with Gasteiger partial charge in [-0.15, -0.1) is 0 Å². The molecule has 0 aliphatic rings. The monoisotopic (exact) mass is 353 g/mol. The maximum Gasteiger partial charge on any atom is 0.137 e. The Balaban J connectivity index is 2.16. The lowest BCUT2D eigenvalue weighted by Crippen LogP contribution is -2.07. The van der Waals surface area contributed by atoms with Gasteiger partial charge in [0.15, 0.2) is 0 Å². The van der Waals surface area contributed by atoms with Gasteiger partial charge in [0, 0.05) is 23.0 Å². The van der Waals surface area contributed by atoms with Crippen LogP contribution in [0.4, 0.5) is 5.82 Å². The summed E-state index contributed by atoms with van der Waals surface area (Å²) in [7, 11) is 0. The van der Waals surface area contributed by atoms with E-state index in [9.17, 15) is 0 Å². The van der Waals surface area contributed by atoms with Crippen LogP contribution in [0.5, 0.6) is 0 Å². The smallest absolute Gasteiger partial charge is 0.137 e. The van der Waals surface area contributed by atoms with Gasteiger partial charge in [-0.05, 0) is 31.0 Å². The van der Waals surface area contributed by atoms with Crippen molar-refractivity contribution in [3.8, 4) is 0 Å². The number of anilines is 1. The summed E-state index contributed by atoms with van der Waals surface area (Å²) >= 11 is 9.64. The van der Waals surface area contributed by atoms with Gasteiger partial charge in [0.2, 0.25) is 0 Å². The van der Waals surface area contributed by atoms with E-state index in [-0.39, 0.29) is 0 Å². The van der Waals surface area contributed by atoms with Crippen LogP contribution in [0, 0.1) is 6.92 Å². The average Bonchev–Trinajstić information content (AvgIpc) is 2.41. The molecule has 1 aromatic carbocycles. The summed E-state index contributed by atoms with van der Waals surface area (Å²) in [4.78, 5) is 8.84. The van der Waals surface area contributed by atoms with Gasteiger partial charge in [-0.1, -0.05) is 46.6 Å². The summed E-state index contributed by atoms with van der Waals surface area (Å²) in [5.74, 6) is 1.60. The molecule has 0 aliphatic carbocycles. The third-order valence-electron chi connectivity index (χ3n) is 2.96. The molecule has 1 heterocycles. The van der Waals surface area contributed by atoms with E-state index in [1.165, 1.54) is 5.56 Å². The van der Waals surface area contributed by atoms with E-state index < -0.39 is 0 Å². The zero-order valence-electron chi connectivity index (χ0n) is 11.6. The summed E-state index contributed by atoms with van der Waals surface area (Å²) in [6, 6.07) is 8.18. The maximum atomic E-state index is 6.16. The van der Waals surface area contributed by atoms with Crippen LogP contribution in [-0.2, 0) is 13.0 Å². The Morgan fingerprint density at radius 1 is 1.30 bits per heavy atom. The highest BCUT2D eigenvalue weighted by Gasteiger charge is 2.08. The standard InChI is InChI=1S/C15H17BrClN3/c1-3-5-13-19-14(17)10(2)15(20-13)18-9-11-6-4-7-12(16)8-11/h4,6-8H,3,5,9H2,1-2H3,(H,18,19,20). The molecule has 1 aromatic heterocycles. The highest BCUT2D eigenvalue weighted by atomic mass is 79.9. The zero-order valence-corrected chi connectivity index (χ0v) is 13.9. The maximum absolute atomic E-state index is 6.16. The van der Waals surface area contributed by atoms with Gasteiger partial charge in [0.25, 0.3) is 0 Å². The predicted octanol–water partition coefficient (Wildman–Crippen LogP) is 4.77. The first-order valence-electron chi connectivity index (χ1n) is 6.61. The van der Waals surface area contributed by atoms with Crippen molar-refractivity contribution in [3.63, 3.8) is 0 Å². The molecule has 0 fully saturated rings. The van der Waals surface area contributed by atoms with E-state index in [1.807, 2.05) is 19.1 Å². The molecule has 3 nitrogen and oxygen atoms in total. The molecule has 2 rings (SSSR count). The molecule has 0 saturated heterocycles. The molecule has 0 aliphatic heterocycles. The van der Waals surface area contributed by atoms with Gasteiger partial charge in [-0.25, -0.2) is 9.97 Å². The number of benzene rings is 1. The van der Waals surface area contributed by atoms with Crippen molar-refractivity contribution in [2.24, 2.45) is 0 Å². The molecule has 1 N–H and O–H groups in total. The molecule has 0 amide bonds. The van der Waals surface area contributed by atoms with E-state index in [4.69, 9.17) is 11.6 Å². The van der Waals surface area contributed by atoms with Gasteiger partial charge in [0.05, 0.1) is 0 Å². The van der Waals surface area contributed by atoms with E-state index >= 15 is 0 Å². The van der Waals surface area contributed by atoms with Crippen molar-refractivity contribution < 1.29 is 0 Å². The molecular weight excluding hydrogens is 338 g/mol. The highest BCUT2D eigenvalue weighted by molar-refractivity contribution is 9.10. The predicted molar refractivity (Wildman–Crippen MR) is 87.2 cm³/mol. The van der Waals surface area contributed by atoms with Gasteiger partial charge < -0.3 is 5.32 Å². The lowest BCUT2D eigenvalue weighted by atomic mass is 10.2. The number of aryl methyl sites for hydroxylation is 1. The van der Waals surface area contributed by atoms with Gasteiger partial charge >= 0.3 is 0 Å². The number of nitrogens with zero attached hydrogens (tertiary/aromatic N) is 2. The minimum absolute atomic E-state index is 0.528. The van der Waals surface area contributed by atoms with Crippen molar-refractivity contribution in [1.82, 2.24) is 9.97 Å². The second-order valence-corrected chi connectivity index (χ2v) is 5.91. The second kappa shape index (κ2) is 7.04. The van der Waals surface area contributed by atoms with Crippen LogP contribution >= 0.6 is 27.5 Å². The number of hydrogen-bond donors (Lipinski definition) is 1. The van der Waals surface area contributed by atoms with Crippen LogP contribution < -0.4 is 5.32 Å². The number of aromatic nitrogens is 2. The molecule has 0 bridgehead atoms. The van der Waals surface area contributed by atoms with Crippen molar-refractivity contribution in [1.29, 1.82) is 0 Å². The third kappa shape index (κ3) is 3.93. The Bertz CT molecular complexity index is 602. The number of rotatable bonds is 5. The molecule has 0 atom stereocenters. The SMILES string of the molecule is CCCc1nc(Cl)c(C)c(NCc2cccc(Br)c2)n1. The van der Waals surface area contributed by atoms with Gasteiger partial charge in [0.1, 0.15) is 16.8 Å². The highest BCUT2D eigenvalue weighted by Crippen LogP contribution is 2.21. The fraction of sp³-hybridized carbons (Fsp3) is 0.333. The Morgan fingerprint density at radius 2 is 2.10 bits per heavy atom. The van der Waals surface area contributed by atoms with E-state index in [0.717, 1.165) is 34.5 Å². The van der Waals surface area contributed by atoms with Crippen LogP contribution in [0.1, 0.15) is 30.3 Å². The number of halogens is 2. The molecule has 0 spiro atoms. The second-order valence-electron chi connectivity index (χ2n) is 4.64. The Labute approximate surface area is 132 Å². The topological polar surface area (TPSA) is 37.8 Å². The first-order valence-corrected chi connectivity index (χ1v) is 7.78. The van der Waals surface area contributed by atoms with Crippen LogP contribution in [-0.4, -0.2) is 9.97 Å². The van der Waals surface area contributed by atoms with E-state index in [1.54, 1.807) is 0 Å².